The molecule has 120 valence electrons. The minimum Gasteiger partial charge on any atom is -0.413 e. The van der Waals surface area contributed by atoms with Crippen LogP contribution in [-0.2, 0) is 9.22 Å². The van der Waals surface area contributed by atoms with Crippen LogP contribution in [0.3, 0.4) is 0 Å². The Labute approximate surface area is 132 Å². The fraction of sp³-hybridized carbons (Fsp3) is 0.812. The van der Waals surface area contributed by atoms with E-state index in [1.165, 1.54) is 0 Å². The molecule has 1 heterocycles. The number of hydrogen-bond donors (Lipinski definition) is 1. The molecular weight excluding hydrogens is 294 g/mol. The van der Waals surface area contributed by atoms with Crippen molar-refractivity contribution < 1.29 is 9.22 Å². The normalized spacial score (nSPS) is 24.5. The van der Waals surface area contributed by atoms with Gasteiger partial charge in [-0.1, -0.05) is 46.3 Å². The largest absolute Gasteiger partial charge is 0.413 e. The fourth-order valence-electron chi connectivity index (χ4n) is 2.01. The lowest BCUT2D eigenvalue weighted by Gasteiger charge is -2.44. The maximum atomic E-state index is 11.9. The van der Waals surface area contributed by atoms with Gasteiger partial charge in [0.15, 0.2) is 8.32 Å². The van der Waals surface area contributed by atoms with E-state index in [4.69, 9.17) is 4.43 Å². The monoisotopic (exact) mass is 325 g/mol. The van der Waals surface area contributed by atoms with Crippen molar-refractivity contribution in [2.24, 2.45) is 5.92 Å². The number of β-lactam (4-membered cyclic amide) rings is 1. The van der Waals surface area contributed by atoms with Crippen LogP contribution in [0.25, 0.3) is 0 Å². The van der Waals surface area contributed by atoms with Gasteiger partial charge in [0.2, 0.25) is 5.91 Å². The van der Waals surface area contributed by atoms with Crippen LogP contribution >= 0.6 is 0 Å². The molecule has 21 heavy (non-hydrogen) atoms. The van der Waals surface area contributed by atoms with Crippen LogP contribution in [-0.4, -0.2) is 34.4 Å². The molecule has 0 spiro atoms. The molecule has 1 rings (SSSR count). The highest BCUT2D eigenvalue weighted by Crippen LogP contribution is 2.38. The Kier molecular flexibility index (Phi) is 5.19. The highest BCUT2D eigenvalue weighted by atomic mass is 28.4. The summed E-state index contributed by atoms with van der Waals surface area (Å²) in [7, 11) is -3.26. The van der Waals surface area contributed by atoms with Crippen LogP contribution in [0, 0.1) is 17.4 Å². The van der Waals surface area contributed by atoms with Gasteiger partial charge in [0.05, 0.1) is 12.0 Å². The standard InChI is InChI=1S/C16H31NO2Si2/c1-12(19-21(8,9)16(2,3)4)14-13(17-15(14)18)10-11-20(5,6)7/h12-14H,1-9H3,(H,17,18)/t12-,13-,14+/m1/s1. The minimum absolute atomic E-state index is 0.0380. The first kappa shape index (κ1) is 18.5. The van der Waals surface area contributed by atoms with Crippen molar-refractivity contribution in [2.75, 3.05) is 0 Å². The summed E-state index contributed by atoms with van der Waals surface area (Å²) in [6.45, 7) is 19.8. The predicted molar refractivity (Wildman–Crippen MR) is 94.3 cm³/mol. The molecule has 0 aromatic rings. The summed E-state index contributed by atoms with van der Waals surface area (Å²) in [6, 6.07) is -0.0380. The van der Waals surface area contributed by atoms with Crippen molar-refractivity contribution in [3.05, 3.63) is 0 Å². The molecule has 0 aromatic carbocycles. The summed E-state index contributed by atoms with van der Waals surface area (Å²) in [6.07, 6.45) is -0.0689. The Bertz CT molecular complexity index is 463. The van der Waals surface area contributed by atoms with Gasteiger partial charge in [-0.2, -0.15) is 0 Å². The van der Waals surface area contributed by atoms with Gasteiger partial charge in [-0.3, -0.25) is 4.79 Å². The number of hydrogen-bond acceptors (Lipinski definition) is 2. The summed E-state index contributed by atoms with van der Waals surface area (Å²) in [5.74, 6) is 3.22. The van der Waals surface area contributed by atoms with E-state index in [0.717, 1.165) is 0 Å². The number of nitrogens with one attached hydrogen (secondary N) is 1. The van der Waals surface area contributed by atoms with Gasteiger partial charge in [0.1, 0.15) is 14.1 Å². The highest BCUT2D eigenvalue weighted by Gasteiger charge is 2.46. The maximum absolute atomic E-state index is 11.9. The average Bonchev–Trinajstić information content (AvgIpc) is 2.19. The summed E-state index contributed by atoms with van der Waals surface area (Å²) in [4.78, 5) is 11.9. The predicted octanol–water partition coefficient (Wildman–Crippen LogP) is 3.39. The Hall–Kier alpha value is -0.576. The Morgan fingerprint density at radius 2 is 1.71 bits per heavy atom. The zero-order valence-corrected chi connectivity index (χ0v) is 17.0. The molecule has 0 aliphatic carbocycles. The van der Waals surface area contributed by atoms with Crippen LogP contribution in [0.15, 0.2) is 0 Å². The molecule has 1 fully saturated rings. The van der Waals surface area contributed by atoms with Crippen molar-refractivity contribution >= 4 is 22.3 Å². The lowest BCUT2D eigenvalue weighted by molar-refractivity contribution is -0.137. The first-order valence-electron chi connectivity index (χ1n) is 7.75. The number of rotatable bonds is 3. The third-order valence-corrected chi connectivity index (χ3v) is 9.82. The van der Waals surface area contributed by atoms with Crippen LogP contribution in [0.1, 0.15) is 27.7 Å². The lowest BCUT2D eigenvalue weighted by atomic mass is 9.87. The molecule has 0 saturated carbocycles. The summed E-state index contributed by atoms with van der Waals surface area (Å²) >= 11 is 0. The van der Waals surface area contributed by atoms with Gasteiger partial charge in [0.25, 0.3) is 0 Å². The zero-order chi connectivity index (χ0) is 16.6. The molecule has 1 N–H and O–H groups in total. The second-order valence-electron chi connectivity index (χ2n) is 8.61. The molecule has 0 unspecified atom stereocenters. The molecule has 3 nitrogen and oxygen atoms in total. The van der Waals surface area contributed by atoms with Gasteiger partial charge in [0, 0.05) is 0 Å². The molecular formula is C16H31NO2Si2. The van der Waals surface area contributed by atoms with Crippen molar-refractivity contribution in [2.45, 2.75) is 77.6 Å². The van der Waals surface area contributed by atoms with E-state index in [-0.39, 0.29) is 29.0 Å². The fourth-order valence-corrected chi connectivity index (χ4v) is 4.03. The van der Waals surface area contributed by atoms with Gasteiger partial charge in [-0.25, -0.2) is 0 Å². The molecule has 1 aliphatic heterocycles. The van der Waals surface area contributed by atoms with E-state index in [9.17, 15) is 4.79 Å². The third-order valence-electron chi connectivity index (χ3n) is 4.35. The van der Waals surface area contributed by atoms with Gasteiger partial charge in [-0.15, -0.1) is 5.54 Å². The molecule has 0 bridgehead atoms. The molecule has 1 amide bonds. The smallest absolute Gasteiger partial charge is 0.229 e. The van der Waals surface area contributed by atoms with Crippen molar-refractivity contribution in [3.8, 4) is 11.5 Å². The van der Waals surface area contributed by atoms with E-state index in [1.54, 1.807) is 0 Å². The second kappa shape index (κ2) is 5.90. The van der Waals surface area contributed by atoms with E-state index in [0.29, 0.717) is 0 Å². The first-order chi connectivity index (χ1) is 9.24. The Morgan fingerprint density at radius 1 is 1.19 bits per heavy atom. The molecule has 0 aromatic heterocycles. The quantitative estimate of drug-likeness (QED) is 0.491. The molecule has 1 saturated heterocycles. The van der Waals surface area contributed by atoms with Crippen LogP contribution in [0.5, 0.6) is 0 Å². The first-order valence-corrected chi connectivity index (χ1v) is 14.2. The van der Waals surface area contributed by atoms with E-state index >= 15 is 0 Å². The van der Waals surface area contributed by atoms with Gasteiger partial charge >= 0.3 is 0 Å². The molecule has 3 atom stereocenters. The minimum atomic E-state index is -1.85. The molecule has 0 radical (unpaired) electrons. The molecule has 5 heteroatoms. The maximum Gasteiger partial charge on any atom is 0.229 e. The van der Waals surface area contributed by atoms with Gasteiger partial charge in [-0.05, 0) is 25.1 Å². The van der Waals surface area contributed by atoms with Gasteiger partial charge < -0.3 is 9.74 Å². The molecule has 1 aliphatic rings. The van der Waals surface area contributed by atoms with Crippen LogP contribution < -0.4 is 5.32 Å². The van der Waals surface area contributed by atoms with E-state index < -0.39 is 16.4 Å². The average molecular weight is 326 g/mol. The Morgan fingerprint density at radius 3 is 2.10 bits per heavy atom. The van der Waals surface area contributed by atoms with Crippen molar-refractivity contribution in [3.63, 3.8) is 0 Å². The van der Waals surface area contributed by atoms with Crippen LogP contribution in [0.4, 0.5) is 0 Å². The van der Waals surface area contributed by atoms with Crippen molar-refractivity contribution in [1.82, 2.24) is 5.32 Å². The lowest BCUT2D eigenvalue weighted by Crippen LogP contribution is -2.63. The SMILES string of the molecule is C[C@@H](O[Si](C)(C)C(C)(C)C)[C@@H]1C(=O)N[C@@H]1C#C[Si](C)(C)C. The summed E-state index contributed by atoms with van der Waals surface area (Å²) in [5, 5.41) is 3.07. The highest BCUT2D eigenvalue weighted by molar-refractivity contribution is 6.83. The number of carbonyl (C=O) groups is 1. The van der Waals surface area contributed by atoms with E-state index in [2.05, 4.69) is 70.3 Å². The van der Waals surface area contributed by atoms with E-state index in [1.807, 2.05) is 6.92 Å². The van der Waals surface area contributed by atoms with Crippen molar-refractivity contribution in [1.29, 1.82) is 0 Å². The second-order valence-corrected chi connectivity index (χ2v) is 18.1. The topological polar surface area (TPSA) is 38.3 Å². The Balaban J connectivity index is 2.79. The zero-order valence-electron chi connectivity index (χ0n) is 15.0. The third kappa shape index (κ3) is 4.70. The number of carbonyl (C=O) groups excluding carboxylic acids is 1. The summed E-state index contributed by atoms with van der Waals surface area (Å²) in [5.41, 5.74) is 3.35. The number of amides is 1. The summed E-state index contributed by atoms with van der Waals surface area (Å²) < 4.78 is 6.36. The van der Waals surface area contributed by atoms with Crippen LogP contribution in [0.2, 0.25) is 37.8 Å².